The monoisotopic (exact) mass is 582 g/mol. The third-order valence-electron chi connectivity index (χ3n) is 8.80. The van der Waals surface area contributed by atoms with E-state index in [1.165, 1.54) is 42.4 Å². The van der Waals surface area contributed by atoms with Crippen LogP contribution in [0.5, 0.6) is 11.5 Å². The van der Waals surface area contributed by atoms with Gasteiger partial charge in [-0.2, -0.15) is 0 Å². The van der Waals surface area contributed by atoms with E-state index in [0.29, 0.717) is 12.5 Å². The van der Waals surface area contributed by atoms with Crippen molar-refractivity contribution in [3.05, 3.63) is 108 Å². The summed E-state index contributed by atoms with van der Waals surface area (Å²) in [7, 11) is 0. The lowest BCUT2D eigenvalue weighted by Gasteiger charge is -2.33. The first-order valence-corrected chi connectivity index (χ1v) is 16.1. The van der Waals surface area contributed by atoms with Crippen molar-refractivity contribution < 1.29 is 18.9 Å². The molecule has 1 aliphatic heterocycles. The fraction of sp³-hybridized carbons (Fsp3) is 0.487. The Morgan fingerprint density at radius 3 is 2.19 bits per heavy atom. The van der Waals surface area contributed by atoms with Crippen LogP contribution in [0.25, 0.3) is 0 Å². The topological polar surface area (TPSA) is 40.2 Å². The van der Waals surface area contributed by atoms with Crippen LogP contribution in [0.4, 0.5) is 0 Å². The predicted octanol–water partition coefficient (Wildman–Crippen LogP) is 8.95. The Morgan fingerprint density at radius 2 is 1.53 bits per heavy atom. The standard InChI is InChI=1S/C39H50O4/c1-7-9-15-33(35(8-2)42-27-32-26-40-32)38(3,4)23-31-14-12-16-34(37(31)43-25-29-20-21-29)39(5,6)22-30-13-10-11-17-36(30)41-24-28-18-19-28/h7-17,28-29,32H,1-2,18-27H2,3-6H3/b15-9-,35-33-. The molecule has 1 atom stereocenters. The van der Waals surface area contributed by atoms with Crippen molar-refractivity contribution in [1.82, 2.24) is 0 Å². The van der Waals surface area contributed by atoms with Crippen LogP contribution in [-0.4, -0.2) is 32.5 Å². The van der Waals surface area contributed by atoms with Crippen molar-refractivity contribution in [3.63, 3.8) is 0 Å². The summed E-state index contributed by atoms with van der Waals surface area (Å²) in [6, 6.07) is 15.2. The van der Waals surface area contributed by atoms with Gasteiger partial charge in [0.05, 0.1) is 19.8 Å². The van der Waals surface area contributed by atoms with E-state index in [4.69, 9.17) is 18.9 Å². The lowest BCUT2D eigenvalue weighted by Crippen LogP contribution is -2.25. The third-order valence-corrected chi connectivity index (χ3v) is 8.80. The third kappa shape index (κ3) is 8.66. The van der Waals surface area contributed by atoms with E-state index in [-0.39, 0.29) is 16.9 Å². The first-order valence-electron chi connectivity index (χ1n) is 16.1. The average Bonchev–Trinajstić information content (AvgIpc) is 3.82. The van der Waals surface area contributed by atoms with Crippen molar-refractivity contribution >= 4 is 0 Å². The number of hydrogen-bond acceptors (Lipinski definition) is 4. The maximum Gasteiger partial charge on any atom is 0.126 e. The van der Waals surface area contributed by atoms with Gasteiger partial charge >= 0.3 is 0 Å². The highest BCUT2D eigenvalue weighted by Crippen LogP contribution is 2.43. The lowest BCUT2D eigenvalue weighted by atomic mass is 9.74. The number of rotatable bonds is 18. The van der Waals surface area contributed by atoms with Gasteiger partial charge in [0, 0.05) is 11.1 Å². The summed E-state index contributed by atoms with van der Waals surface area (Å²) in [5, 5.41) is 0. The number of hydrogen-bond donors (Lipinski definition) is 0. The van der Waals surface area contributed by atoms with Crippen LogP contribution in [0.1, 0.15) is 70.1 Å². The molecule has 43 heavy (non-hydrogen) atoms. The fourth-order valence-corrected chi connectivity index (χ4v) is 5.74. The molecule has 2 saturated carbocycles. The lowest BCUT2D eigenvalue weighted by molar-refractivity contribution is 0.186. The van der Waals surface area contributed by atoms with Crippen LogP contribution in [0.15, 0.2) is 91.3 Å². The van der Waals surface area contributed by atoms with Gasteiger partial charge in [0.25, 0.3) is 0 Å². The first kappa shape index (κ1) is 31.2. The molecule has 0 aromatic heterocycles. The Kier molecular flexibility index (Phi) is 9.86. The summed E-state index contributed by atoms with van der Waals surface area (Å²) >= 11 is 0. The van der Waals surface area contributed by atoms with Gasteiger partial charge in [-0.1, -0.05) is 95.5 Å². The predicted molar refractivity (Wildman–Crippen MR) is 176 cm³/mol. The van der Waals surface area contributed by atoms with E-state index in [1.807, 2.05) is 12.2 Å². The van der Waals surface area contributed by atoms with Crippen LogP contribution in [0.3, 0.4) is 0 Å². The number of epoxide rings is 1. The molecule has 1 saturated heterocycles. The fourth-order valence-electron chi connectivity index (χ4n) is 5.74. The minimum absolute atomic E-state index is 0.168. The molecule has 0 radical (unpaired) electrons. The van der Waals surface area contributed by atoms with Gasteiger partial charge in [-0.05, 0) is 84.5 Å². The van der Waals surface area contributed by atoms with Crippen molar-refractivity contribution in [3.8, 4) is 11.5 Å². The van der Waals surface area contributed by atoms with Crippen molar-refractivity contribution in [2.24, 2.45) is 17.3 Å². The number of ether oxygens (including phenoxy) is 4. The highest BCUT2D eigenvalue weighted by molar-refractivity contribution is 5.49. The molecule has 1 unspecified atom stereocenters. The molecule has 3 aliphatic rings. The molecule has 3 fully saturated rings. The van der Waals surface area contributed by atoms with E-state index >= 15 is 0 Å². The Morgan fingerprint density at radius 1 is 0.860 bits per heavy atom. The highest BCUT2D eigenvalue weighted by Gasteiger charge is 2.33. The molecule has 0 bridgehead atoms. The van der Waals surface area contributed by atoms with Crippen LogP contribution in [-0.2, 0) is 27.7 Å². The number of benzene rings is 2. The number of allylic oxidation sites excluding steroid dienone is 5. The Hall–Kier alpha value is -3.24. The summed E-state index contributed by atoms with van der Waals surface area (Å²) in [5.74, 6) is 4.21. The second-order valence-corrected chi connectivity index (χ2v) is 13.9. The highest BCUT2D eigenvalue weighted by atomic mass is 16.6. The molecule has 2 aromatic carbocycles. The number of para-hydroxylation sites is 2. The smallest absolute Gasteiger partial charge is 0.126 e. The van der Waals surface area contributed by atoms with E-state index in [0.717, 1.165) is 61.4 Å². The van der Waals surface area contributed by atoms with Gasteiger partial charge < -0.3 is 18.9 Å². The largest absolute Gasteiger partial charge is 0.493 e. The molecular weight excluding hydrogens is 532 g/mol. The second kappa shape index (κ2) is 13.6. The Balaban J connectivity index is 1.46. The Labute approximate surface area is 259 Å². The van der Waals surface area contributed by atoms with Gasteiger partial charge in [0.1, 0.15) is 30.0 Å². The minimum Gasteiger partial charge on any atom is -0.493 e. The van der Waals surface area contributed by atoms with Crippen molar-refractivity contribution in [1.29, 1.82) is 0 Å². The van der Waals surface area contributed by atoms with Crippen LogP contribution < -0.4 is 9.47 Å². The van der Waals surface area contributed by atoms with Crippen LogP contribution in [0.2, 0.25) is 0 Å². The average molecular weight is 583 g/mol. The van der Waals surface area contributed by atoms with E-state index in [9.17, 15) is 0 Å². The van der Waals surface area contributed by atoms with Gasteiger partial charge in [-0.25, -0.2) is 0 Å². The molecule has 0 amide bonds. The van der Waals surface area contributed by atoms with Crippen molar-refractivity contribution in [2.75, 3.05) is 26.4 Å². The summed E-state index contributed by atoms with van der Waals surface area (Å²) < 4.78 is 24.7. The van der Waals surface area contributed by atoms with Gasteiger partial charge in [0.15, 0.2) is 0 Å². The molecule has 2 aliphatic carbocycles. The van der Waals surface area contributed by atoms with E-state index < -0.39 is 0 Å². The van der Waals surface area contributed by atoms with E-state index in [1.54, 1.807) is 6.08 Å². The van der Waals surface area contributed by atoms with Crippen LogP contribution >= 0.6 is 0 Å². The van der Waals surface area contributed by atoms with Crippen LogP contribution in [0, 0.1) is 17.3 Å². The van der Waals surface area contributed by atoms with Gasteiger partial charge in [-0.3, -0.25) is 0 Å². The summed E-state index contributed by atoms with van der Waals surface area (Å²) in [5.41, 5.74) is 4.36. The summed E-state index contributed by atoms with van der Waals surface area (Å²) in [6.45, 7) is 20.1. The molecule has 0 spiro atoms. The Bertz CT molecular complexity index is 1330. The van der Waals surface area contributed by atoms with Crippen molar-refractivity contribution in [2.45, 2.75) is 77.7 Å². The molecule has 0 N–H and O–H groups in total. The van der Waals surface area contributed by atoms with Gasteiger partial charge in [0.2, 0.25) is 0 Å². The molecule has 4 nitrogen and oxygen atoms in total. The molecular formula is C39H50O4. The zero-order valence-electron chi connectivity index (χ0n) is 26.7. The second-order valence-electron chi connectivity index (χ2n) is 13.9. The molecule has 5 rings (SSSR count). The van der Waals surface area contributed by atoms with E-state index in [2.05, 4.69) is 89.4 Å². The molecule has 4 heteroatoms. The zero-order chi connectivity index (χ0) is 30.5. The minimum atomic E-state index is -0.267. The summed E-state index contributed by atoms with van der Waals surface area (Å²) in [4.78, 5) is 0. The molecule has 1 heterocycles. The first-order chi connectivity index (χ1) is 20.7. The summed E-state index contributed by atoms with van der Waals surface area (Å²) in [6.07, 6.45) is 14.6. The quantitative estimate of drug-likeness (QED) is 0.0999. The SMILES string of the molecule is C=C/C=C\C(=C(/C=C)OCC1CO1)C(C)(C)Cc1cccc(C(C)(C)Cc2ccccc2OCC2CC2)c1OCC1CC1. The maximum atomic E-state index is 6.77. The molecule has 230 valence electrons. The van der Waals surface area contributed by atoms with Gasteiger partial charge in [-0.15, -0.1) is 0 Å². The maximum absolute atomic E-state index is 6.77. The normalized spacial score (nSPS) is 19.1. The molecule has 2 aromatic rings. The zero-order valence-corrected chi connectivity index (χ0v) is 26.7.